The molecule has 21 heavy (non-hydrogen) atoms. The summed E-state index contributed by atoms with van der Waals surface area (Å²) in [6, 6.07) is 10.4. The molecule has 0 amide bonds. The Morgan fingerprint density at radius 3 is 2.38 bits per heavy atom. The third-order valence-corrected chi connectivity index (χ3v) is 3.52. The molecule has 0 spiro atoms. The van der Waals surface area contributed by atoms with Gasteiger partial charge >= 0.3 is 0 Å². The van der Waals surface area contributed by atoms with E-state index >= 15 is 0 Å². The topological polar surface area (TPSA) is 30.5 Å². The lowest BCUT2D eigenvalue weighted by Crippen LogP contribution is -2.41. The molecule has 1 aliphatic heterocycles. The maximum atomic E-state index is 14.0. The summed E-state index contributed by atoms with van der Waals surface area (Å²) in [7, 11) is 1.64. The Bertz CT molecular complexity index is 628. The van der Waals surface area contributed by atoms with Gasteiger partial charge in [0.1, 0.15) is 18.2 Å². The number of rotatable bonds is 3. The van der Waals surface area contributed by atoms with Crippen LogP contribution < -0.4 is 14.8 Å². The first kappa shape index (κ1) is 13.8. The molecule has 3 nitrogen and oxygen atoms in total. The fraction of sp³-hybridized carbons (Fsp3) is 0.250. The summed E-state index contributed by atoms with van der Waals surface area (Å²) in [5, 5.41) is 2.92. The second-order valence-corrected chi connectivity index (χ2v) is 4.82. The molecule has 2 unspecified atom stereocenters. The van der Waals surface area contributed by atoms with E-state index < -0.39 is 23.8 Å². The second-order valence-electron chi connectivity index (χ2n) is 4.82. The van der Waals surface area contributed by atoms with Gasteiger partial charge in [0.25, 0.3) is 0 Å². The summed E-state index contributed by atoms with van der Waals surface area (Å²) in [6.45, 7) is 0.219. The molecule has 0 saturated carbocycles. The molecule has 1 heterocycles. The molecule has 2 aromatic carbocycles. The van der Waals surface area contributed by atoms with Crippen LogP contribution in [0.25, 0.3) is 0 Å². The monoisotopic (exact) mass is 291 g/mol. The van der Waals surface area contributed by atoms with Gasteiger partial charge in [0, 0.05) is 5.56 Å². The second kappa shape index (κ2) is 5.69. The lowest BCUT2D eigenvalue weighted by molar-refractivity contribution is 0.0618. The predicted molar refractivity (Wildman–Crippen MR) is 74.5 cm³/mol. The summed E-state index contributed by atoms with van der Waals surface area (Å²) in [6.07, 6.45) is -0.517. The van der Waals surface area contributed by atoms with E-state index in [1.54, 1.807) is 19.2 Å². The maximum absolute atomic E-state index is 14.0. The Balaban J connectivity index is 1.92. The average Bonchev–Trinajstić information content (AvgIpc) is 2.50. The van der Waals surface area contributed by atoms with Crippen LogP contribution in [0, 0.1) is 11.6 Å². The van der Waals surface area contributed by atoms with Gasteiger partial charge in [-0.2, -0.15) is 0 Å². The number of ether oxygens (including phenoxy) is 2. The number of likely N-dealkylation sites (N-methyl/N-ethyl adjacent to an activating group) is 1. The summed E-state index contributed by atoms with van der Waals surface area (Å²) in [4.78, 5) is 0. The number of nitrogens with one attached hydrogen (secondary N) is 1. The van der Waals surface area contributed by atoms with Crippen molar-refractivity contribution in [3.63, 3.8) is 0 Å². The molecule has 5 heteroatoms. The van der Waals surface area contributed by atoms with Crippen molar-refractivity contribution in [2.75, 3.05) is 13.7 Å². The van der Waals surface area contributed by atoms with Crippen molar-refractivity contribution >= 4 is 0 Å². The van der Waals surface area contributed by atoms with E-state index in [2.05, 4.69) is 5.32 Å². The van der Waals surface area contributed by atoms with Crippen LogP contribution in [0.2, 0.25) is 0 Å². The summed E-state index contributed by atoms with van der Waals surface area (Å²) < 4.78 is 39.4. The lowest BCUT2D eigenvalue weighted by Gasteiger charge is -2.32. The van der Waals surface area contributed by atoms with Crippen molar-refractivity contribution in [2.24, 2.45) is 0 Å². The third-order valence-electron chi connectivity index (χ3n) is 3.52. The van der Waals surface area contributed by atoms with E-state index in [1.165, 1.54) is 18.2 Å². The normalized spacial score (nSPS) is 18.3. The van der Waals surface area contributed by atoms with Crippen molar-refractivity contribution in [2.45, 2.75) is 12.1 Å². The van der Waals surface area contributed by atoms with E-state index in [-0.39, 0.29) is 12.2 Å². The van der Waals surface area contributed by atoms with Gasteiger partial charge in [-0.1, -0.05) is 18.2 Å². The number of hydrogen-bond donors (Lipinski definition) is 1. The van der Waals surface area contributed by atoms with Gasteiger partial charge in [-0.25, -0.2) is 8.78 Å². The van der Waals surface area contributed by atoms with Crippen LogP contribution >= 0.6 is 0 Å². The first-order chi connectivity index (χ1) is 10.2. The largest absolute Gasteiger partial charge is 0.486 e. The number of hydrogen-bond acceptors (Lipinski definition) is 3. The minimum absolute atomic E-state index is 0.0343. The van der Waals surface area contributed by atoms with Gasteiger partial charge in [0.15, 0.2) is 17.6 Å². The first-order valence-corrected chi connectivity index (χ1v) is 6.70. The fourth-order valence-electron chi connectivity index (χ4n) is 2.52. The molecule has 0 saturated heterocycles. The predicted octanol–water partition coefficient (Wildman–Crippen LogP) is 3.07. The van der Waals surface area contributed by atoms with Crippen molar-refractivity contribution in [1.29, 1.82) is 0 Å². The maximum Gasteiger partial charge on any atom is 0.161 e. The van der Waals surface area contributed by atoms with Crippen LogP contribution in [0.4, 0.5) is 8.78 Å². The van der Waals surface area contributed by atoms with Crippen LogP contribution in [0.3, 0.4) is 0 Å². The minimum atomic E-state index is -0.639. The van der Waals surface area contributed by atoms with E-state index in [9.17, 15) is 8.78 Å². The van der Waals surface area contributed by atoms with Crippen molar-refractivity contribution < 1.29 is 18.3 Å². The van der Waals surface area contributed by atoms with Crippen LogP contribution in [0.5, 0.6) is 11.5 Å². The summed E-state index contributed by atoms with van der Waals surface area (Å²) in [5.74, 6) is 0.0111. The Hall–Kier alpha value is -2.14. The zero-order chi connectivity index (χ0) is 14.8. The van der Waals surface area contributed by atoms with E-state index in [0.29, 0.717) is 11.5 Å². The van der Waals surface area contributed by atoms with Crippen molar-refractivity contribution in [1.82, 2.24) is 5.32 Å². The zero-order valence-electron chi connectivity index (χ0n) is 11.5. The number of benzene rings is 2. The standard InChI is InChI=1S/C16H15F2NO2/c1-19-16(15-10(17)5-4-6-11(15)18)14-9-20-12-7-2-3-8-13(12)21-14/h2-8,14,16,19H,9H2,1H3. The molecule has 0 fully saturated rings. The quantitative estimate of drug-likeness (QED) is 0.942. The minimum Gasteiger partial charge on any atom is -0.486 e. The highest BCUT2D eigenvalue weighted by molar-refractivity contribution is 5.41. The van der Waals surface area contributed by atoms with Gasteiger partial charge in [-0.15, -0.1) is 0 Å². The van der Waals surface area contributed by atoms with Crippen LogP contribution in [-0.2, 0) is 0 Å². The molecule has 1 N–H and O–H groups in total. The molecule has 1 aliphatic rings. The van der Waals surface area contributed by atoms with Gasteiger partial charge in [-0.3, -0.25) is 0 Å². The van der Waals surface area contributed by atoms with Crippen LogP contribution in [0.1, 0.15) is 11.6 Å². The van der Waals surface area contributed by atoms with E-state index in [0.717, 1.165) is 0 Å². The van der Waals surface area contributed by atoms with Crippen molar-refractivity contribution in [3.8, 4) is 11.5 Å². The van der Waals surface area contributed by atoms with Gasteiger partial charge < -0.3 is 14.8 Å². The third kappa shape index (κ3) is 2.56. The van der Waals surface area contributed by atoms with Gasteiger partial charge in [0.2, 0.25) is 0 Å². The molecule has 0 bridgehead atoms. The number of fused-ring (bicyclic) bond motifs is 1. The Morgan fingerprint density at radius 1 is 1.05 bits per heavy atom. The fourth-order valence-corrected chi connectivity index (χ4v) is 2.52. The van der Waals surface area contributed by atoms with Crippen molar-refractivity contribution in [3.05, 3.63) is 59.7 Å². The molecule has 110 valence electrons. The molecule has 2 aromatic rings. The average molecular weight is 291 g/mol. The Labute approximate surface area is 121 Å². The van der Waals surface area contributed by atoms with Crippen LogP contribution in [0.15, 0.2) is 42.5 Å². The highest BCUT2D eigenvalue weighted by Crippen LogP contribution is 2.35. The number of para-hydroxylation sites is 2. The highest BCUT2D eigenvalue weighted by Gasteiger charge is 2.32. The SMILES string of the molecule is CNC(c1c(F)cccc1F)C1COc2ccccc2O1. The van der Waals surface area contributed by atoms with Crippen LogP contribution in [-0.4, -0.2) is 19.8 Å². The smallest absolute Gasteiger partial charge is 0.161 e. The van der Waals surface area contributed by atoms with Gasteiger partial charge in [0.05, 0.1) is 6.04 Å². The molecular formula is C16H15F2NO2. The van der Waals surface area contributed by atoms with Gasteiger partial charge in [-0.05, 0) is 31.3 Å². The first-order valence-electron chi connectivity index (χ1n) is 6.70. The highest BCUT2D eigenvalue weighted by atomic mass is 19.1. The molecule has 2 atom stereocenters. The zero-order valence-corrected chi connectivity index (χ0v) is 11.5. The molecule has 0 aromatic heterocycles. The molecule has 0 aliphatic carbocycles. The molecular weight excluding hydrogens is 276 g/mol. The Morgan fingerprint density at radius 2 is 1.71 bits per heavy atom. The van der Waals surface area contributed by atoms with E-state index in [1.807, 2.05) is 12.1 Å². The Kier molecular flexibility index (Phi) is 3.75. The summed E-state index contributed by atoms with van der Waals surface area (Å²) in [5.41, 5.74) is -0.0343. The molecule has 3 rings (SSSR count). The molecule has 0 radical (unpaired) electrons. The van der Waals surface area contributed by atoms with E-state index in [4.69, 9.17) is 9.47 Å². The lowest BCUT2D eigenvalue weighted by atomic mass is 10.00. The summed E-state index contributed by atoms with van der Waals surface area (Å²) >= 11 is 0. The number of halogens is 2.